The first-order valence-corrected chi connectivity index (χ1v) is 6.09. The molecule has 1 N–H and O–H groups in total. The molecule has 1 heterocycles. The largest absolute Gasteiger partial charge is 0.478 e. The van der Waals surface area contributed by atoms with E-state index in [4.69, 9.17) is 9.84 Å². The molecule has 0 unspecified atom stereocenters. The number of hydrogen-bond donors (Lipinski definition) is 1. The van der Waals surface area contributed by atoms with Gasteiger partial charge in [-0.1, -0.05) is 29.4 Å². The van der Waals surface area contributed by atoms with E-state index in [1.54, 1.807) is 12.1 Å². The number of rotatable bonds is 4. The topological polar surface area (TPSA) is 90.1 Å². The Kier molecular flexibility index (Phi) is 3.30. The number of ether oxygens (including phenoxy) is 1. The molecule has 21 heavy (non-hydrogen) atoms. The highest BCUT2D eigenvalue weighted by molar-refractivity contribution is 5.88. The predicted octanol–water partition coefficient (Wildman–Crippen LogP) is 2.15. The number of aromatic carboxylic acids is 1. The fourth-order valence-corrected chi connectivity index (χ4v) is 1.77. The van der Waals surface area contributed by atoms with E-state index in [1.807, 2.05) is 30.3 Å². The predicted molar refractivity (Wildman–Crippen MR) is 72.6 cm³/mol. The van der Waals surface area contributed by atoms with Gasteiger partial charge in [0.05, 0.1) is 11.3 Å². The standard InChI is InChI=1S/C14H10N4O3/c19-13(20)10-5-4-8-12(9-10)21-14-15-16-17-18(14)11-6-2-1-3-7-11/h1-9H,(H,19,20). The second kappa shape index (κ2) is 5.41. The van der Waals surface area contributed by atoms with Gasteiger partial charge in [-0.3, -0.25) is 0 Å². The van der Waals surface area contributed by atoms with Crippen LogP contribution in [0.15, 0.2) is 54.6 Å². The summed E-state index contributed by atoms with van der Waals surface area (Å²) in [5, 5.41) is 20.2. The van der Waals surface area contributed by atoms with E-state index in [0.717, 1.165) is 5.69 Å². The van der Waals surface area contributed by atoms with Crippen molar-refractivity contribution in [1.82, 2.24) is 20.2 Å². The van der Waals surface area contributed by atoms with E-state index in [2.05, 4.69) is 15.5 Å². The number of para-hydroxylation sites is 1. The van der Waals surface area contributed by atoms with Crippen LogP contribution in [0.5, 0.6) is 11.8 Å². The third-order valence-electron chi connectivity index (χ3n) is 2.73. The lowest BCUT2D eigenvalue weighted by Crippen LogP contribution is -2.01. The molecule has 3 rings (SSSR count). The fourth-order valence-electron chi connectivity index (χ4n) is 1.77. The van der Waals surface area contributed by atoms with Crippen LogP contribution in [0, 0.1) is 0 Å². The van der Waals surface area contributed by atoms with Crippen molar-refractivity contribution < 1.29 is 14.6 Å². The monoisotopic (exact) mass is 282 g/mol. The van der Waals surface area contributed by atoms with Gasteiger partial charge in [0.2, 0.25) is 0 Å². The molecular formula is C14H10N4O3. The van der Waals surface area contributed by atoms with Crippen molar-refractivity contribution >= 4 is 5.97 Å². The van der Waals surface area contributed by atoms with Gasteiger partial charge in [-0.25, -0.2) is 4.79 Å². The van der Waals surface area contributed by atoms with Gasteiger partial charge in [0.1, 0.15) is 5.75 Å². The molecule has 0 bridgehead atoms. The third-order valence-corrected chi connectivity index (χ3v) is 2.73. The molecule has 0 aliphatic rings. The van der Waals surface area contributed by atoms with Crippen LogP contribution in [0.3, 0.4) is 0 Å². The Balaban J connectivity index is 1.92. The average Bonchev–Trinajstić information content (AvgIpc) is 2.96. The minimum atomic E-state index is -1.02. The fraction of sp³-hybridized carbons (Fsp3) is 0. The van der Waals surface area contributed by atoms with Crippen molar-refractivity contribution in [2.24, 2.45) is 0 Å². The number of nitrogens with zero attached hydrogens (tertiary/aromatic N) is 4. The summed E-state index contributed by atoms with van der Waals surface area (Å²) in [6, 6.07) is 15.5. The number of tetrazole rings is 1. The van der Waals surface area contributed by atoms with Crippen molar-refractivity contribution in [3.63, 3.8) is 0 Å². The summed E-state index contributed by atoms with van der Waals surface area (Å²) >= 11 is 0. The molecule has 7 heteroatoms. The molecule has 7 nitrogen and oxygen atoms in total. The van der Waals surface area contributed by atoms with E-state index >= 15 is 0 Å². The lowest BCUT2D eigenvalue weighted by atomic mass is 10.2. The highest BCUT2D eigenvalue weighted by Gasteiger charge is 2.11. The van der Waals surface area contributed by atoms with Crippen LogP contribution in [0.4, 0.5) is 0 Å². The Labute approximate surface area is 119 Å². The average molecular weight is 282 g/mol. The Bertz CT molecular complexity index is 771. The quantitative estimate of drug-likeness (QED) is 0.788. The smallest absolute Gasteiger partial charge is 0.345 e. The minimum Gasteiger partial charge on any atom is -0.478 e. The molecule has 3 aromatic rings. The molecule has 0 saturated heterocycles. The van der Waals surface area contributed by atoms with Gasteiger partial charge in [-0.2, -0.15) is 4.68 Å². The second-order valence-electron chi connectivity index (χ2n) is 4.14. The van der Waals surface area contributed by atoms with Crippen molar-refractivity contribution in [3.05, 3.63) is 60.2 Å². The third kappa shape index (κ3) is 2.71. The molecule has 2 aromatic carbocycles. The Morgan fingerprint density at radius 3 is 2.67 bits per heavy atom. The first-order chi connectivity index (χ1) is 10.2. The molecule has 0 fully saturated rings. The van der Waals surface area contributed by atoms with Crippen LogP contribution in [0.1, 0.15) is 10.4 Å². The second-order valence-corrected chi connectivity index (χ2v) is 4.14. The highest BCUT2D eigenvalue weighted by Crippen LogP contribution is 2.21. The van der Waals surface area contributed by atoms with E-state index in [-0.39, 0.29) is 11.6 Å². The lowest BCUT2D eigenvalue weighted by Gasteiger charge is -2.06. The zero-order valence-corrected chi connectivity index (χ0v) is 10.7. The first kappa shape index (κ1) is 12.8. The van der Waals surface area contributed by atoms with E-state index in [1.165, 1.54) is 16.8 Å². The van der Waals surface area contributed by atoms with Gasteiger partial charge < -0.3 is 9.84 Å². The summed E-state index contributed by atoms with van der Waals surface area (Å²) in [5.74, 6) is -0.676. The van der Waals surface area contributed by atoms with Crippen LogP contribution in [-0.2, 0) is 0 Å². The summed E-state index contributed by atoms with van der Waals surface area (Å²) in [7, 11) is 0. The van der Waals surface area contributed by atoms with Gasteiger partial charge in [0.15, 0.2) is 0 Å². The summed E-state index contributed by atoms with van der Waals surface area (Å²) in [5.41, 5.74) is 0.873. The maximum atomic E-state index is 10.9. The molecule has 0 amide bonds. The minimum absolute atomic E-state index is 0.131. The number of hydrogen-bond acceptors (Lipinski definition) is 5. The summed E-state index contributed by atoms with van der Waals surface area (Å²) < 4.78 is 6.98. The zero-order valence-electron chi connectivity index (χ0n) is 10.7. The summed E-state index contributed by atoms with van der Waals surface area (Å²) in [4.78, 5) is 10.9. The van der Waals surface area contributed by atoms with Crippen LogP contribution < -0.4 is 4.74 Å². The lowest BCUT2D eigenvalue weighted by molar-refractivity contribution is 0.0696. The molecule has 0 aliphatic heterocycles. The SMILES string of the molecule is O=C(O)c1cccc(Oc2nnnn2-c2ccccc2)c1. The summed E-state index contributed by atoms with van der Waals surface area (Å²) in [6.45, 7) is 0. The number of carboxylic acid groups (broad SMARTS) is 1. The van der Waals surface area contributed by atoms with Crippen molar-refractivity contribution in [2.45, 2.75) is 0 Å². The molecule has 1 aromatic heterocycles. The normalized spacial score (nSPS) is 10.3. The van der Waals surface area contributed by atoms with E-state index in [0.29, 0.717) is 5.75 Å². The van der Waals surface area contributed by atoms with Crippen molar-refractivity contribution in [3.8, 4) is 17.4 Å². The summed E-state index contributed by atoms with van der Waals surface area (Å²) in [6.07, 6.45) is 0. The number of aromatic nitrogens is 4. The first-order valence-electron chi connectivity index (χ1n) is 6.09. The molecule has 0 atom stereocenters. The maximum Gasteiger partial charge on any atom is 0.345 e. The molecule has 104 valence electrons. The molecule has 0 radical (unpaired) electrons. The van der Waals surface area contributed by atoms with Gasteiger partial charge in [0, 0.05) is 0 Å². The molecule has 0 saturated carbocycles. The number of carbonyl (C=O) groups is 1. The van der Waals surface area contributed by atoms with Crippen LogP contribution in [-0.4, -0.2) is 31.3 Å². The molecule has 0 spiro atoms. The van der Waals surface area contributed by atoms with Crippen LogP contribution in [0.2, 0.25) is 0 Å². The van der Waals surface area contributed by atoms with Crippen LogP contribution >= 0.6 is 0 Å². The molecular weight excluding hydrogens is 272 g/mol. The van der Waals surface area contributed by atoms with E-state index < -0.39 is 5.97 Å². The van der Waals surface area contributed by atoms with Gasteiger partial charge in [-0.15, -0.1) is 0 Å². The maximum absolute atomic E-state index is 10.9. The van der Waals surface area contributed by atoms with Crippen molar-refractivity contribution in [1.29, 1.82) is 0 Å². The number of carboxylic acids is 1. The molecule has 0 aliphatic carbocycles. The zero-order chi connectivity index (χ0) is 14.7. The Hall–Kier alpha value is -3.22. The van der Waals surface area contributed by atoms with Crippen molar-refractivity contribution in [2.75, 3.05) is 0 Å². The highest BCUT2D eigenvalue weighted by atomic mass is 16.5. The Morgan fingerprint density at radius 2 is 1.90 bits per heavy atom. The van der Waals surface area contributed by atoms with Gasteiger partial charge in [0.25, 0.3) is 0 Å². The Morgan fingerprint density at radius 1 is 1.10 bits per heavy atom. The van der Waals surface area contributed by atoms with Gasteiger partial charge >= 0.3 is 12.0 Å². The number of benzene rings is 2. The van der Waals surface area contributed by atoms with E-state index in [9.17, 15) is 4.79 Å². The van der Waals surface area contributed by atoms with Crippen LogP contribution in [0.25, 0.3) is 5.69 Å². The van der Waals surface area contributed by atoms with Gasteiger partial charge in [-0.05, 0) is 40.8 Å².